The molecule has 0 bridgehead atoms. The van der Waals surface area contributed by atoms with Gasteiger partial charge < -0.3 is 14.5 Å². The first-order valence-corrected chi connectivity index (χ1v) is 13.4. The van der Waals surface area contributed by atoms with Gasteiger partial charge in [-0.05, 0) is 69.3 Å². The van der Waals surface area contributed by atoms with Crippen LogP contribution in [0.2, 0.25) is 0 Å². The van der Waals surface area contributed by atoms with Crippen molar-refractivity contribution in [3.63, 3.8) is 0 Å². The number of benzene rings is 2. The van der Waals surface area contributed by atoms with Crippen molar-refractivity contribution in [1.29, 1.82) is 0 Å². The van der Waals surface area contributed by atoms with Crippen LogP contribution in [0.1, 0.15) is 20.8 Å². The molecule has 0 atom stereocenters. The van der Waals surface area contributed by atoms with Crippen molar-refractivity contribution < 1.29 is 39.0 Å². The highest BCUT2D eigenvalue weighted by molar-refractivity contribution is 8.31. The molecule has 2 aromatic carbocycles. The van der Waals surface area contributed by atoms with E-state index in [1.54, 1.807) is 20.8 Å². The number of rotatable bonds is 5. The fraction of sp³-hybridized carbons (Fsp3) is 0.278. The van der Waals surface area contributed by atoms with Crippen molar-refractivity contribution >= 4 is 34.2 Å². The third kappa shape index (κ3) is 6.14. The molecular weight excluding hydrogens is 468 g/mol. The molecule has 0 amide bonds. The number of hydrogen-bond acceptors (Lipinski definition) is 8. The molecule has 0 saturated carbocycles. The van der Waals surface area contributed by atoms with E-state index in [0.29, 0.717) is 5.75 Å². The Morgan fingerprint density at radius 1 is 0.774 bits per heavy atom. The second kappa shape index (κ2) is 8.42. The van der Waals surface area contributed by atoms with Gasteiger partial charge in [-0.25, -0.2) is 16.8 Å². The maximum atomic E-state index is 12.8. The monoisotopic (exact) mass is 488 g/mol. The minimum absolute atomic E-state index is 0.179. The summed E-state index contributed by atoms with van der Waals surface area (Å²) in [5, 5.41) is 0. The molecule has 0 saturated heterocycles. The zero-order valence-electron chi connectivity index (χ0n) is 17.0. The van der Waals surface area contributed by atoms with Gasteiger partial charge in [-0.3, -0.25) is 0 Å². The first kappa shape index (κ1) is 24.5. The van der Waals surface area contributed by atoms with Crippen LogP contribution in [0.25, 0.3) is 5.53 Å². The minimum atomic E-state index is -4.78. The van der Waals surface area contributed by atoms with E-state index in [4.69, 9.17) is 4.74 Å². The van der Waals surface area contributed by atoms with Crippen LogP contribution in [-0.2, 0) is 29.8 Å². The van der Waals surface area contributed by atoms with E-state index in [9.17, 15) is 30.8 Å². The topological polar surface area (TPSA) is 157 Å². The van der Waals surface area contributed by atoms with Gasteiger partial charge in [0.05, 0.1) is 16.0 Å². The van der Waals surface area contributed by atoms with Gasteiger partial charge in [-0.2, -0.15) is 8.42 Å². The summed E-state index contributed by atoms with van der Waals surface area (Å²) in [6, 6.07) is 8.84. The van der Waals surface area contributed by atoms with E-state index < -0.39 is 49.6 Å². The smallest absolute Gasteiger partial charge is 0.488 e. The molecule has 0 heterocycles. The van der Waals surface area contributed by atoms with Crippen molar-refractivity contribution in [2.75, 3.05) is 6.26 Å². The lowest BCUT2D eigenvalue weighted by molar-refractivity contribution is 0.00380. The fourth-order valence-corrected chi connectivity index (χ4v) is 6.14. The van der Waals surface area contributed by atoms with Crippen LogP contribution in [0.3, 0.4) is 0 Å². The molecule has 0 unspecified atom stereocenters. The van der Waals surface area contributed by atoms with Crippen molar-refractivity contribution in [3.8, 4) is 11.5 Å². The minimum Gasteiger partial charge on any atom is -0.488 e. The van der Waals surface area contributed by atoms with Crippen molar-refractivity contribution in [2.24, 2.45) is 0 Å². The predicted octanol–water partition coefficient (Wildman–Crippen LogP) is 2.04. The summed E-state index contributed by atoms with van der Waals surface area (Å²) in [6.45, 7) is 5.40. The molecule has 0 fully saturated rings. The quantitative estimate of drug-likeness (QED) is 0.203. The van der Waals surface area contributed by atoms with E-state index in [1.807, 2.05) is 0 Å². The standard InChI is InChI=1S/C18H20N2O8S3/c1-18(2,3)27-13-5-9-15(10-6-13)30(23,24)17(20-19)31(25,26)16-11-7-14(8-12-16)28-29(4,21)22/h5-12H,1-4H3. The Kier molecular flexibility index (Phi) is 6.67. The van der Waals surface area contributed by atoms with E-state index in [1.165, 1.54) is 12.1 Å². The lowest BCUT2D eigenvalue weighted by atomic mass is 10.2. The van der Waals surface area contributed by atoms with Crippen LogP contribution in [0.5, 0.6) is 11.5 Å². The lowest BCUT2D eigenvalue weighted by Crippen LogP contribution is -2.26. The van der Waals surface area contributed by atoms with Crippen LogP contribution in [0.15, 0.2) is 58.3 Å². The SMILES string of the molecule is CC(C)(C)Oc1ccc(S(=O)(=O)C(=[N+]=[N-])S(=O)(=O)c2ccc(OS(C)(=O)=O)cc2)cc1. The summed E-state index contributed by atoms with van der Waals surface area (Å²) in [6.07, 6.45) is 0.804. The van der Waals surface area contributed by atoms with Gasteiger partial charge in [0, 0.05) is 0 Å². The van der Waals surface area contributed by atoms with Gasteiger partial charge in [-0.1, -0.05) is 0 Å². The van der Waals surface area contributed by atoms with Crippen LogP contribution in [-0.4, -0.2) is 46.3 Å². The summed E-state index contributed by atoms with van der Waals surface area (Å²) >= 11 is 0. The summed E-state index contributed by atoms with van der Waals surface area (Å²) in [7, 11) is -13.3. The molecule has 0 aliphatic rings. The maximum Gasteiger partial charge on any atom is 0.504 e. The van der Waals surface area contributed by atoms with Gasteiger partial charge >= 0.3 is 14.5 Å². The van der Waals surface area contributed by atoms with E-state index in [0.717, 1.165) is 42.7 Å². The highest BCUT2D eigenvalue weighted by Crippen LogP contribution is 2.25. The average molecular weight is 489 g/mol. The third-order valence-electron chi connectivity index (χ3n) is 3.48. The van der Waals surface area contributed by atoms with Gasteiger partial charge in [0.2, 0.25) is 0 Å². The van der Waals surface area contributed by atoms with Gasteiger partial charge in [0.1, 0.15) is 17.1 Å². The number of hydrogen-bond donors (Lipinski definition) is 0. The second-order valence-corrected chi connectivity index (χ2v) is 12.9. The number of nitrogens with zero attached hydrogens (tertiary/aromatic N) is 2. The van der Waals surface area contributed by atoms with E-state index >= 15 is 0 Å². The maximum absolute atomic E-state index is 12.8. The molecule has 0 aliphatic heterocycles. The molecule has 0 aliphatic carbocycles. The zero-order valence-corrected chi connectivity index (χ0v) is 19.5. The first-order valence-electron chi connectivity index (χ1n) is 8.57. The van der Waals surface area contributed by atoms with Crippen LogP contribution in [0, 0.1) is 0 Å². The van der Waals surface area contributed by atoms with Gasteiger partial charge in [0.25, 0.3) is 19.7 Å². The zero-order chi connectivity index (χ0) is 23.7. The highest BCUT2D eigenvalue weighted by atomic mass is 32.3. The summed E-state index contributed by atoms with van der Waals surface area (Å²) in [5.74, 6) is 0.180. The van der Waals surface area contributed by atoms with E-state index in [-0.39, 0.29) is 5.75 Å². The molecule has 0 spiro atoms. The van der Waals surface area contributed by atoms with Crippen molar-refractivity contribution in [1.82, 2.24) is 0 Å². The molecule has 2 rings (SSSR count). The Hall–Kier alpha value is -2.73. The van der Waals surface area contributed by atoms with Crippen LogP contribution < -0.4 is 8.92 Å². The molecule has 2 aromatic rings. The summed E-state index contributed by atoms with van der Waals surface area (Å²) in [5.41, 5.74) is 8.70. The Labute approximate surface area is 181 Å². The molecule has 0 aromatic heterocycles. The Balaban J connectivity index is 2.42. The first-order chi connectivity index (χ1) is 14.1. The largest absolute Gasteiger partial charge is 0.504 e. The Bertz CT molecular complexity index is 1330. The Morgan fingerprint density at radius 3 is 1.48 bits per heavy atom. The third-order valence-corrected chi connectivity index (χ3v) is 8.16. The van der Waals surface area contributed by atoms with Crippen LogP contribution in [0.4, 0.5) is 0 Å². The predicted molar refractivity (Wildman–Crippen MR) is 112 cm³/mol. The van der Waals surface area contributed by atoms with Gasteiger partial charge in [-0.15, -0.1) is 4.79 Å². The molecule has 13 heteroatoms. The molecule has 168 valence electrons. The van der Waals surface area contributed by atoms with E-state index in [2.05, 4.69) is 8.97 Å². The van der Waals surface area contributed by atoms with Gasteiger partial charge in [0.15, 0.2) is 0 Å². The van der Waals surface area contributed by atoms with Crippen LogP contribution >= 0.6 is 0 Å². The number of sulfone groups is 2. The molecule has 0 N–H and O–H groups in total. The van der Waals surface area contributed by atoms with Crippen molar-refractivity contribution in [2.45, 2.75) is 36.2 Å². The van der Waals surface area contributed by atoms with Crippen molar-refractivity contribution in [3.05, 3.63) is 54.1 Å². The average Bonchev–Trinajstić information content (AvgIpc) is 2.60. The molecular formula is C18H20N2O8S3. The molecule has 31 heavy (non-hydrogen) atoms. The summed E-state index contributed by atoms with van der Waals surface area (Å²) in [4.78, 5) is 1.56. The fourth-order valence-electron chi connectivity index (χ4n) is 2.34. The molecule has 10 nitrogen and oxygen atoms in total. The number of ether oxygens (including phenoxy) is 1. The lowest BCUT2D eigenvalue weighted by Gasteiger charge is -2.21. The Morgan fingerprint density at radius 2 is 1.16 bits per heavy atom. The summed E-state index contributed by atoms with van der Waals surface area (Å²) < 4.78 is 82.2. The highest BCUT2D eigenvalue weighted by Gasteiger charge is 2.44. The normalized spacial score (nSPS) is 12.6. The molecule has 0 radical (unpaired) electrons. The second-order valence-electron chi connectivity index (χ2n) is 7.32.